The largest absolute Gasteiger partial charge is 0.298 e. The molecule has 0 amide bonds. The lowest BCUT2D eigenvalue weighted by Gasteiger charge is -2.08. The fourth-order valence-corrected chi connectivity index (χ4v) is 4.43. The maximum absolute atomic E-state index is 11.3. The van der Waals surface area contributed by atoms with Crippen molar-refractivity contribution in [3.8, 4) is 11.3 Å². The number of carbonyl (C=O) groups is 1. The molecule has 1 aliphatic rings. The first-order valence-corrected chi connectivity index (χ1v) is 8.10. The molecule has 0 bridgehead atoms. The molecule has 0 spiro atoms. The summed E-state index contributed by atoms with van der Waals surface area (Å²) in [6, 6.07) is 2.52. The van der Waals surface area contributed by atoms with Crippen LogP contribution in [0.5, 0.6) is 0 Å². The minimum absolute atomic E-state index is 0.467. The summed E-state index contributed by atoms with van der Waals surface area (Å²) in [5, 5.41) is 4.68. The second kappa shape index (κ2) is 5.21. The van der Waals surface area contributed by atoms with Crippen LogP contribution in [0.25, 0.3) is 11.3 Å². The molecule has 2 aromatic heterocycles. The molecule has 100 valence electrons. The van der Waals surface area contributed by atoms with Gasteiger partial charge in [0.2, 0.25) is 0 Å². The number of halogens is 1. The SMILES string of the molecule is Cc1sc(Br)cc1-c1nn(C2CCCC2)cc1C=O. The zero-order chi connectivity index (χ0) is 13.4. The molecule has 0 atom stereocenters. The third kappa shape index (κ3) is 2.41. The molecule has 0 aliphatic heterocycles. The second-order valence-corrected chi connectivity index (χ2v) is 7.63. The molecule has 0 aromatic carbocycles. The predicted molar refractivity (Wildman–Crippen MR) is 80.9 cm³/mol. The summed E-state index contributed by atoms with van der Waals surface area (Å²) in [5.41, 5.74) is 2.58. The molecule has 0 saturated heterocycles. The van der Waals surface area contributed by atoms with E-state index in [2.05, 4.69) is 28.0 Å². The molecule has 5 heteroatoms. The molecule has 1 aliphatic carbocycles. The Morgan fingerprint density at radius 1 is 1.47 bits per heavy atom. The number of hydrogen-bond donors (Lipinski definition) is 0. The van der Waals surface area contributed by atoms with Crippen LogP contribution in [0, 0.1) is 6.92 Å². The van der Waals surface area contributed by atoms with Crippen molar-refractivity contribution < 1.29 is 4.79 Å². The van der Waals surface area contributed by atoms with E-state index >= 15 is 0 Å². The summed E-state index contributed by atoms with van der Waals surface area (Å²) in [4.78, 5) is 12.5. The van der Waals surface area contributed by atoms with Crippen molar-refractivity contribution in [1.29, 1.82) is 0 Å². The molecule has 2 aromatic rings. The second-order valence-electron chi connectivity index (χ2n) is 4.99. The molecule has 19 heavy (non-hydrogen) atoms. The van der Waals surface area contributed by atoms with Gasteiger partial charge < -0.3 is 0 Å². The molecule has 1 saturated carbocycles. The highest BCUT2D eigenvalue weighted by molar-refractivity contribution is 9.11. The molecule has 3 rings (SSSR count). The topological polar surface area (TPSA) is 34.9 Å². The summed E-state index contributed by atoms with van der Waals surface area (Å²) in [5.74, 6) is 0. The fourth-order valence-electron chi connectivity index (χ4n) is 2.74. The Morgan fingerprint density at radius 3 is 2.79 bits per heavy atom. The van der Waals surface area contributed by atoms with E-state index in [1.807, 2.05) is 16.9 Å². The highest BCUT2D eigenvalue weighted by atomic mass is 79.9. The van der Waals surface area contributed by atoms with Gasteiger partial charge in [0.25, 0.3) is 0 Å². The van der Waals surface area contributed by atoms with Gasteiger partial charge in [-0.2, -0.15) is 5.10 Å². The summed E-state index contributed by atoms with van der Waals surface area (Å²) in [6.07, 6.45) is 7.69. The predicted octanol–water partition coefficient (Wildman–Crippen LogP) is 4.61. The van der Waals surface area contributed by atoms with Gasteiger partial charge in [0.05, 0.1) is 15.4 Å². The van der Waals surface area contributed by atoms with Gasteiger partial charge in [0, 0.05) is 16.6 Å². The van der Waals surface area contributed by atoms with Crippen molar-refractivity contribution in [3.63, 3.8) is 0 Å². The minimum atomic E-state index is 0.467. The summed E-state index contributed by atoms with van der Waals surface area (Å²) >= 11 is 5.17. The lowest BCUT2D eigenvalue weighted by Crippen LogP contribution is -2.04. The number of nitrogens with zero attached hydrogens (tertiary/aromatic N) is 2. The summed E-state index contributed by atoms with van der Waals surface area (Å²) < 4.78 is 3.07. The van der Waals surface area contributed by atoms with Gasteiger partial charge >= 0.3 is 0 Å². The van der Waals surface area contributed by atoms with E-state index in [4.69, 9.17) is 0 Å². The van der Waals surface area contributed by atoms with Gasteiger partial charge in [-0.25, -0.2) is 0 Å². The van der Waals surface area contributed by atoms with E-state index in [9.17, 15) is 4.79 Å². The zero-order valence-electron chi connectivity index (χ0n) is 10.7. The number of aryl methyl sites for hydroxylation is 1. The number of aromatic nitrogens is 2. The van der Waals surface area contributed by atoms with Crippen LogP contribution >= 0.6 is 27.3 Å². The van der Waals surface area contributed by atoms with Crippen LogP contribution < -0.4 is 0 Å². The first-order valence-electron chi connectivity index (χ1n) is 6.49. The van der Waals surface area contributed by atoms with Crippen LogP contribution in [0.3, 0.4) is 0 Å². The van der Waals surface area contributed by atoms with Crippen molar-refractivity contribution >= 4 is 33.6 Å². The van der Waals surface area contributed by atoms with E-state index in [-0.39, 0.29) is 0 Å². The van der Waals surface area contributed by atoms with Crippen molar-refractivity contribution in [3.05, 3.63) is 26.5 Å². The summed E-state index contributed by atoms with van der Waals surface area (Å²) in [6.45, 7) is 2.06. The number of thiophene rings is 1. The van der Waals surface area contributed by atoms with Crippen LogP contribution in [0.15, 0.2) is 16.0 Å². The van der Waals surface area contributed by atoms with Gasteiger partial charge in [-0.3, -0.25) is 9.48 Å². The lowest BCUT2D eigenvalue weighted by molar-refractivity contribution is 0.112. The Morgan fingerprint density at radius 2 is 2.21 bits per heavy atom. The first kappa shape index (κ1) is 13.1. The number of rotatable bonds is 3. The number of carbonyl (C=O) groups excluding carboxylic acids is 1. The van der Waals surface area contributed by atoms with Gasteiger partial charge in [-0.05, 0) is 41.8 Å². The maximum atomic E-state index is 11.3. The average Bonchev–Trinajstić information content (AvgIpc) is 3.07. The molecule has 1 fully saturated rings. The van der Waals surface area contributed by atoms with Crippen LogP contribution in [-0.2, 0) is 0 Å². The Balaban J connectivity index is 2.05. The van der Waals surface area contributed by atoms with Crippen molar-refractivity contribution in [2.24, 2.45) is 0 Å². The first-order chi connectivity index (χ1) is 9.19. The molecule has 0 N–H and O–H groups in total. The third-order valence-electron chi connectivity index (χ3n) is 3.73. The van der Waals surface area contributed by atoms with Crippen molar-refractivity contribution in [1.82, 2.24) is 9.78 Å². The van der Waals surface area contributed by atoms with Crippen LogP contribution in [0.1, 0.15) is 47.0 Å². The summed E-state index contributed by atoms with van der Waals surface area (Å²) in [7, 11) is 0. The van der Waals surface area contributed by atoms with Gasteiger partial charge in [0.1, 0.15) is 5.69 Å². The van der Waals surface area contributed by atoms with Gasteiger partial charge in [-0.15, -0.1) is 11.3 Å². The Bertz CT molecular complexity index is 611. The van der Waals surface area contributed by atoms with E-state index < -0.39 is 0 Å². The smallest absolute Gasteiger partial charge is 0.153 e. The quantitative estimate of drug-likeness (QED) is 0.766. The van der Waals surface area contributed by atoms with Crippen molar-refractivity contribution in [2.75, 3.05) is 0 Å². The highest BCUT2D eigenvalue weighted by Crippen LogP contribution is 2.36. The van der Waals surface area contributed by atoms with Crippen LogP contribution in [-0.4, -0.2) is 16.1 Å². The van der Waals surface area contributed by atoms with E-state index in [0.29, 0.717) is 11.6 Å². The fraction of sp³-hybridized carbons (Fsp3) is 0.429. The highest BCUT2D eigenvalue weighted by Gasteiger charge is 2.21. The van der Waals surface area contributed by atoms with Crippen molar-refractivity contribution in [2.45, 2.75) is 38.6 Å². The average molecular weight is 339 g/mol. The van der Waals surface area contributed by atoms with Crippen LogP contribution in [0.2, 0.25) is 0 Å². The third-order valence-corrected chi connectivity index (χ3v) is 5.28. The van der Waals surface area contributed by atoms with E-state index in [1.54, 1.807) is 11.3 Å². The monoisotopic (exact) mass is 338 g/mol. The molecular weight excluding hydrogens is 324 g/mol. The molecule has 2 heterocycles. The zero-order valence-corrected chi connectivity index (χ0v) is 13.1. The molecule has 0 radical (unpaired) electrons. The molecule has 0 unspecified atom stereocenters. The van der Waals surface area contributed by atoms with Gasteiger partial charge in [0.15, 0.2) is 6.29 Å². The van der Waals surface area contributed by atoms with Crippen LogP contribution in [0.4, 0.5) is 0 Å². The van der Waals surface area contributed by atoms with E-state index in [0.717, 1.165) is 21.3 Å². The van der Waals surface area contributed by atoms with E-state index in [1.165, 1.54) is 30.6 Å². The Kier molecular flexibility index (Phi) is 3.58. The lowest BCUT2D eigenvalue weighted by atomic mass is 10.1. The minimum Gasteiger partial charge on any atom is -0.298 e. The number of aldehydes is 1. The number of hydrogen-bond acceptors (Lipinski definition) is 3. The molecular formula is C14H15BrN2OS. The molecule has 3 nitrogen and oxygen atoms in total. The standard InChI is InChI=1S/C14H15BrN2OS/c1-9-12(6-13(15)19-9)14-10(8-18)7-17(16-14)11-4-2-3-5-11/h6-8,11H,2-5H2,1H3. The normalized spacial score (nSPS) is 16.1. The Labute approximate surface area is 124 Å². The Hall–Kier alpha value is -0.940. The van der Waals surface area contributed by atoms with Gasteiger partial charge in [-0.1, -0.05) is 12.8 Å². The maximum Gasteiger partial charge on any atom is 0.153 e.